The lowest BCUT2D eigenvalue weighted by Crippen LogP contribution is -2.32. The van der Waals surface area contributed by atoms with Gasteiger partial charge in [-0.3, -0.25) is 4.79 Å². The summed E-state index contributed by atoms with van der Waals surface area (Å²) < 4.78 is 16.9. The normalized spacial score (nSPS) is 11.5. The van der Waals surface area contributed by atoms with Crippen LogP contribution < -0.4 is 14.8 Å². The number of amides is 1. The van der Waals surface area contributed by atoms with E-state index in [2.05, 4.69) is 5.32 Å². The van der Waals surface area contributed by atoms with Gasteiger partial charge in [-0.1, -0.05) is 43.2 Å². The summed E-state index contributed by atoms with van der Waals surface area (Å²) in [7, 11) is 0. The van der Waals surface area contributed by atoms with E-state index in [0.29, 0.717) is 30.7 Å². The summed E-state index contributed by atoms with van der Waals surface area (Å²) in [6.45, 7) is 6.65. The predicted molar refractivity (Wildman–Crippen MR) is 139 cm³/mol. The number of aliphatic hydroxyl groups is 1. The fourth-order valence-electron chi connectivity index (χ4n) is 3.17. The summed E-state index contributed by atoms with van der Waals surface area (Å²) >= 11 is 0. The number of ketones is 1. The van der Waals surface area contributed by atoms with Crippen LogP contribution in [0.2, 0.25) is 0 Å². The van der Waals surface area contributed by atoms with Crippen LogP contribution in [0.4, 0.5) is 4.79 Å². The SMILES string of the molecule is CC(C)(C)OC(=O)NCCCCCCOc1cc(OCc2ccccc2)cc(C(O)=CC(=O)C(=O)O)c1. The number of hydrogen-bond acceptors (Lipinski definition) is 7. The molecule has 0 aliphatic carbocycles. The Morgan fingerprint density at radius 3 is 2.19 bits per heavy atom. The third-order valence-corrected chi connectivity index (χ3v) is 4.91. The van der Waals surface area contributed by atoms with Crippen LogP contribution in [0.25, 0.3) is 5.76 Å². The van der Waals surface area contributed by atoms with E-state index in [4.69, 9.17) is 19.3 Å². The number of carbonyl (C=O) groups excluding carboxylic acids is 2. The van der Waals surface area contributed by atoms with E-state index < -0.39 is 29.2 Å². The van der Waals surface area contributed by atoms with Gasteiger partial charge in [-0.2, -0.15) is 0 Å². The van der Waals surface area contributed by atoms with E-state index >= 15 is 0 Å². The zero-order valence-electron chi connectivity index (χ0n) is 21.5. The van der Waals surface area contributed by atoms with Crippen molar-refractivity contribution in [3.8, 4) is 11.5 Å². The first-order chi connectivity index (χ1) is 17.5. The first kappa shape index (κ1) is 29.2. The van der Waals surface area contributed by atoms with Gasteiger partial charge < -0.3 is 29.7 Å². The highest BCUT2D eigenvalue weighted by molar-refractivity contribution is 6.38. The molecule has 0 heterocycles. The van der Waals surface area contributed by atoms with Crippen molar-refractivity contribution in [1.82, 2.24) is 5.32 Å². The number of carboxylic acids is 1. The predicted octanol–water partition coefficient (Wildman–Crippen LogP) is 5.28. The van der Waals surface area contributed by atoms with Gasteiger partial charge in [-0.15, -0.1) is 0 Å². The molecule has 0 unspecified atom stereocenters. The number of benzene rings is 2. The molecule has 37 heavy (non-hydrogen) atoms. The Morgan fingerprint density at radius 2 is 1.54 bits per heavy atom. The van der Waals surface area contributed by atoms with Gasteiger partial charge >= 0.3 is 12.1 Å². The molecule has 0 atom stereocenters. The third kappa shape index (κ3) is 12.0. The summed E-state index contributed by atoms with van der Waals surface area (Å²) in [6.07, 6.45) is 3.56. The minimum atomic E-state index is -1.67. The average molecular weight is 514 g/mol. The summed E-state index contributed by atoms with van der Waals surface area (Å²) in [6, 6.07) is 14.2. The highest BCUT2D eigenvalue weighted by Crippen LogP contribution is 2.27. The van der Waals surface area contributed by atoms with Gasteiger partial charge in [0.2, 0.25) is 0 Å². The first-order valence-corrected chi connectivity index (χ1v) is 12.1. The van der Waals surface area contributed by atoms with Gasteiger partial charge in [0.25, 0.3) is 5.78 Å². The van der Waals surface area contributed by atoms with E-state index in [9.17, 15) is 19.5 Å². The minimum absolute atomic E-state index is 0.198. The molecule has 200 valence electrons. The molecular weight excluding hydrogens is 478 g/mol. The van der Waals surface area contributed by atoms with E-state index in [1.165, 1.54) is 12.1 Å². The van der Waals surface area contributed by atoms with Crippen LogP contribution in [0, 0.1) is 0 Å². The molecule has 9 nitrogen and oxygen atoms in total. The highest BCUT2D eigenvalue weighted by Gasteiger charge is 2.15. The zero-order chi connectivity index (χ0) is 27.3. The molecule has 0 spiro atoms. The largest absolute Gasteiger partial charge is 0.507 e. The number of nitrogens with one attached hydrogen (secondary N) is 1. The molecule has 0 aromatic heterocycles. The van der Waals surface area contributed by atoms with E-state index in [1.807, 2.05) is 51.1 Å². The number of unbranched alkanes of at least 4 members (excludes halogenated alkanes) is 3. The summed E-state index contributed by atoms with van der Waals surface area (Å²) in [5.74, 6) is -2.60. The maximum absolute atomic E-state index is 11.6. The molecule has 9 heteroatoms. The molecule has 0 fully saturated rings. The van der Waals surface area contributed by atoms with Crippen LogP contribution in [-0.4, -0.2) is 46.8 Å². The lowest BCUT2D eigenvalue weighted by atomic mass is 10.1. The number of ether oxygens (including phenoxy) is 3. The highest BCUT2D eigenvalue weighted by atomic mass is 16.6. The number of aliphatic carboxylic acids is 1. The molecule has 2 aromatic carbocycles. The van der Waals surface area contributed by atoms with Crippen molar-refractivity contribution < 1.29 is 38.8 Å². The number of hydrogen-bond donors (Lipinski definition) is 3. The molecule has 0 saturated heterocycles. The van der Waals surface area contributed by atoms with E-state index in [-0.39, 0.29) is 12.2 Å². The van der Waals surface area contributed by atoms with Crippen molar-refractivity contribution in [2.75, 3.05) is 13.2 Å². The quantitative estimate of drug-likeness (QED) is 0.135. The summed E-state index contributed by atoms with van der Waals surface area (Å²) in [5, 5.41) is 21.8. The lowest BCUT2D eigenvalue weighted by Gasteiger charge is -2.19. The monoisotopic (exact) mass is 513 g/mol. The number of aliphatic hydroxyl groups excluding tert-OH is 1. The smallest absolute Gasteiger partial charge is 0.407 e. The molecule has 0 aliphatic rings. The minimum Gasteiger partial charge on any atom is -0.507 e. The maximum atomic E-state index is 11.6. The van der Waals surface area contributed by atoms with Crippen LogP contribution >= 0.6 is 0 Å². The fraction of sp³-hybridized carbons (Fsp3) is 0.393. The van der Waals surface area contributed by atoms with Crippen molar-refractivity contribution in [3.63, 3.8) is 0 Å². The van der Waals surface area contributed by atoms with Crippen molar-refractivity contribution in [2.24, 2.45) is 0 Å². The number of rotatable bonds is 14. The number of carboxylic acid groups (broad SMARTS) is 1. The van der Waals surface area contributed by atoms with Gasteiger partial charge in [0, 0.05) is 24.3 Å². The summed E-state index contributed by atoms with van der Waals surface area (Å²) in [4.78, 5) is 34.0. The second-order valence-corrected chi connectivity index (χ2v) is 9.36. The lowest BCUT2D eigenvalue weighted by molar-refractivity contribution is -0.146. The van der Waals surface area contributed by atoms with Crippen molar-refractivity contribution >= 4 is 23.6 Å². The molecule has 0 saturated carbocycles. The first-order valence-electron chi connectivity index (χ1n) is 12.1. The Morgan fingerprint density at radius 1 is 0.892 bits per heavy atom. The Kier molecular flexibility index (Phi) is 11.5. The van der Waals surface area contributed by atoms with Gasteiger partial charge in [0.1, 0.15) is 29.5 Å². The van der Waals surface area contributed by atoms with Gasteiger partial charge in [0.15, 0.2) is 0 Å². The molecule has 0 radical (unpaired) electrons. The van der Waals surface area contributed by atoms with E-state index in [1.54, 1.807) is 6.07 Å². The van der Waals surface area contributed by atoms with Gasteiger partial charge in [-0.05, 0) is 51.3 Å². The van der Waals surface area contributed by atoms with Crippen molar-refractivity contribution in [2.45, 2.75) is 58.7 Å². The average Bonchev–Trinajstić information content (AvgIpc) is 2.83. The second kappa shape index (κ2) is 14.5. The molecule has 2 rings (SSSR count). The standard InChI is InChI=1S/C28H35NO8/c1-28(2,3)37-27(34)29-13-9-4-5-10-14-35-22-15-21(24(30)18-25(31)26(32)33)16-23(17-22)36-19-20-11-7-6-8-12-20/h6-8,11-12,15-18,30H,4-5,9-10,13-14,19H2,1-3H3,(H,29,34)(H,32,33). The summed E-state index contributed by atoms with van der Waals surface area (Å²) in [5.41, 5.74) is 0.615. The van der Waals surface area contributed by atoms with Crippen LogP contribution in [-0.2, 0) is 20.9 Å². The molecule has 0 bridgehead atoms. The topological polar surface area (TPSA) is 131 Å². The molecule has 2 aromatic rings. The third-order valence-electron chi connectivity index (χ3n) is 4.91. The number of carbonyl (C=O) groups is 3. The van der Waals surface area contributed by atoms with Crippen LogP contribution in [0.15, 0.2) is 54.6 Å². The van der Waals surface area contributed by atoms with Crippen molar-refractivity contribution in [3.05, 3.63) is 65.7 Å². The van der Waals surface area contributed by atoms with Crippen LogP contribution in [0.5, 0.6) is 11.5 Å². The van der Waals surface area contributed by atoms with Crippen LogP contribution in [0.1, 0.15) is 57.6 Å². The van der Waals surface area contributed by atoms with Gasteiger partial charge in [-0.25, -0.2) is 9.59 Å². The Bertz CT molecular complexity index is 1070. The number of alkyl carbamates (subject to hydrolysis) is 1. The fourth-order valence-corrected chi connectivity index (χ4v) is 3.17. The van der Waals surface area contributed by atoms with Gasteiger partial charge in [0.05, 0.1) is 6.61 Å². The molecule has 3 N–H and O–H groups in total. The molecule has 1 amide bonds. The zero-order valence-corrected chi connectivity index (χ0v) is 21.5. The molecule has 0 aliphatic heterocycles. The van der Waals surface area contributed by atoms with E-state index in [0.717, 1.165) is 31.2 Å². The maximum Gasteiger partial charge on any atom is 0.407 e. The Hall–Kier alpha value is -4.01. The van der Waals surface area contributed by atoms with Crippen molar-refractivity contribution in [1.29, 1.82) is 0 Å². The molecular formula is C28H35NO8. The van der Waals surface area contributed by atoms with Crippen LogP contribution in [0.3, 0.4) is 0 Å². The second-order valence-electron chi connectivity index (χ2n) is 9.36. The Labute approximate surface area is 217 Å². The Balaban J connectivity index is 1.90.